The maximum absolute atomic E-state index is 5.45. The molecule has 0 fully saturated rings. The molecule has 0 aliphatic carbocycles. The Morgan fingerprint density at radius 2 is 2.15 bits per heavy atom. The van der Waals surface area contributed by atoms with Gasteiger partial charge in [0.2, 0.25) is 0 Å². The Kier molecular flexibility index (Phi) is 5.70. The van der Waals surface area contributed by atoms with E-state index in [1.807, 2.05) is 12.3 Å². The van der Waals surface area contributed by atoms with E-state index in [2.05, 4.69) is 21.5 Å². The van der Waals surface area contributed by atoms with Crippen LogP contribution in [0.15, 0.2) is 12.3 Å². The summed E-state index contributed by atoms with van der Waals surface area (Å²) in [5.74, 6) is 0. The lowest BCUT2D eigenvalue weighted by Crippen LogP contribution is -2.05. The highest BCUT2D eigenvalue weighted by atomic mass is 32.1. The second-order valence-corrected chi connectivity index (χ2v) is 5.11. The molecule has 0 aliphatic rings. The molecule has 110 valence electrons. The number of aryl methyl sites for hydroxylation is 2. The first kappa shape index (κ1) is 15.2. The van der Waals surface area contributed by atoms with E-state index in [4.69, 9.17) is 21.7 Å². The zero-order valence-corrected chi connectivity index (χ0v) is 12.8. The van der Waals surface area contributed by atoms with Crippen LogP contribution in [-0.4, -0.2) is 41.5 Å². The van der Waals surface area contributed by atoms with Gasteiger partial charge >= 0.3 is 0 Å². The molecule has 0 aliphatic heterocycles. The summed E-state index contributed by atoms with van der Waals surface area (Å²) in [5.41, 5.74) is 3.15. The van der Waals surface area contributed by atoms with Gasteiger partial charge in [0.05, 0.1) is 18.7 Å². The fraction of sp³-hybridized carbons (Fsp3) is 0.571. The molecule has 0 saturated carbocycles. The van der Waals surface area contributed by atoms with Crippen molar-refractivity contribution in [3.63, 3.8) is 0 Å². The van der Waals surface area contributed by atoms with Crippen molar-refractivity contribution in [1.29, 1.82) is 0 Å². The second-order valence-electron chi connectivity index (χ2n) is 4.72. The van der Waals surface area contributed by atoms with Crippen LogP contribution in [0.4, 0.5) is 0 Å². The summed E-state index contributed by atoms with van der Waals surface area (Å²) in [5, 5.41) is 0. The molecule has 0 bridgehead atoms. The lowest BCUT2D eigenvalue weighted by Gasteiger charge is -2.05. The van der Waals surface area contributed by atoms with Crippen LogP contribution in [-0.2, 0) is 16.0 Å². The molecule has 1 N–H and O–H groups in total. The summed E-state index contributed by atoms with van der Waals surface area (Å²) in [6.45, 7) is 4.98. The van der Waals surface area contributed by atoms with Crippen molar-refractivity contribution < 1.29 is 9.47 Å². The van der Waals surface area contributed by atoms with Gasteiger partial charge in [-0.3, -0.25) is 0 Å². The maximum Gasteiger partial charge on any atom is 0.179 e. The van der Waals surface area contributed by atoms with Gasteiger partial charge in [-0.2, -0.15) is 0 Å². The zero-order chi connectivity index (χ0) is 14.4. The third-order valence-corrected chi connectivity index (χ3v) is 3.55. The minimum absolute atomic E-state index is 0.650. The number of methoxy groups -OCH3 is 1. The van der Waals surface area contributed by atoms with Crippen molar-refractivity contribution in [2.24, 2.45) is 0 Å². The molecule has 2 heterocycles. The van der Waals surface area contributed by atoms with Gasteiger partial charge in [-0.05, 0) is 43.6 Å². The van der Waals surface area contributed by atoms with Gasteiger partial charge in [0.1, 0.15) is 0 Å². The zero-order valence-electron chi connectivity index (χ0n) is 12.0. The Morgan fingerprint density at radius 3 is 2.95 bits per heavy atom. The lowest BCUT2D eigenvalue weighted by atomic mass is 10.3. The van der Waals surface area contributed by atoms with E-state index in [9.17, 15) is 0 Å². The minimum atomic E-state index is 0.650. The summed E-state index contributed by atoms with van der Waals surface area (Å²) >= 11 is 5.37. The van der Waals surface area contributed by atoms with Crippen LogP contribution in [0, 0.1) is 11.7 Å². The smallest absolute Gasteiger partial charge is 0.179 e. The van der Waals surface area contributed by atoms with Crippen LogP contribution in [0.2, 0.25) is 0 Å². The van der Waals surface area contributed by atoms with Gasteiger partial charge in [0.25, 0.3) is 0 Å². The molecule has 2 aromatic heterocycles. The molecule has 2 rings (SSSR count). The van der Waals surface area contributed by atoms with Gasteiger partial charge in [0, 0.05) is 26.5 Å². The Labute approximate surface area is 123 Å². The highest BCUT2D eigenvalue weighted by Crippen LogP contribution is 2.15. The molecular weight excluding hydrogens is 274 g/mol. The number of nitrogens with zero attached hydrogens (tertiary/aromatic N) is 2. The standard InChI is InChI=1S/C14H21N3O2S/c1-11-5-6-15-13-12(11)16-14(20)17(13)7-3-4-8-19-10-9-18-2/h5-6H,3-4,7-10H2,1-2H3,(H,16,20). The third-order valence-electron chi connectivity index (χ3n) is 3.22. The average molecular weight is 295 g/mol. The van der Waals surface area contributed by atoms with Gasteiger partial charge in [0.15, 0.2) is 10.4 Å². The fourth-order valence-corrected chi connectivity index (χ4v) is 2.38. The van der Waals surface area contributed by atoms with E-state index in [1.54, 1.807) is 7.11 Å². The molecule has 0 radical (unpaired) electrons. The number of nitrogens with one attached hydrogen (secondary N) is 1. The largest absolute Gasteiger partial charge is 0.382 e. The normalized spacial score (nSPS) is 11.3. The highest BCUT2D eigenvalue weighted by Gasteiger charge is 2.06. The topological polar surface area (TPSA) is 52.1 Å². The summed E-state index contributed by atoms with van der Waals surface area (Å²) in [6.07, 6.45) is 3.85. The van der Waals surface area contributed by atoms with Crippen LogP contribution in [0.5, 0.6) is 0 Å². The Bertz CT molecular complexity index is 606. The molecule has 20 heavy (non-hydrogen) atoms. The first-order valence-corrected chi connectivity index (χ1v) is 7.25. The van der Waals surface area contributed by atoms with Crippen LogP contribution in [0.1, 0.15) is 18.4 Å². The Morgan fingerprint density at radius 1 is 1.30 bits per heavy atom. The van der Waals surface area contributed by atoms with Crippen LogP contribution < -0.4 is 0 Å². The van der Waals surface area contributed by atoms with Crippen LogP contribution >= 0.6 is 12.2 Å². The number of aromatic amines is 1. The number of hydrogen-bond acceptors (Lipinski definition) is 4. The number of pyridine rings is 1. The number of imidazole rings is 1. The van der Waals surface area contributed by atoms with Crippen molar-refractivity contribution in [3.8, 4) is 0 Å². The maximum atomic E-state index is 5.45. The number of rotatable bonds is 8. The Balaban J connectivity index is 1.89. The predicted molar refractivity (Wildman–Crippen MR) is 81.6 cm³/mol. The van der Waals surface area contributed by atoms with E-state index >= 15 is 0 Å². The van der Waals surface area contributed by atoms with Gasteiger partial charge in [-0.1, -0.05) is 0 Å². The quantitative estimate of drug-likeness (QED) is 0.601. The third kappa shape index (κ3) is 3.65. The molecule has 5 nitrogen and oxygen atoms in total. The monoisotopic (exact) mass is 295 g/mol. The fourth-order valence-electron chi connectivity index (χ4n) is 2.10. The SMILES string of the molecule is COCCOCCCCn1c(=S)[nH]c2c(C)ccnc21. The van der Waals surface area contributed by atoms with Crippen molar-refractivity contribution in [2.45, 2.75) is 26.3 Å². The van der Waals surface area contributed by atoms with E-state index in [-0.39, 0.29) is 0 Å². The van der Waals surface area contributed by atoms with Crippen molar-refractivity contribution >= 4 is 23.4 Å². The number of unbranched alkanes of at least 4 members (excludes halogenated alkanes) is 1. The number of hydrogen-bond donors (Lipinski definition) is 1. The highest BCUT2D eigenvalue weighted by molar-refractivity contribution is 7.71. The van der Waals surface area contributed by atoms with Crippen LogP contribution in [0.3, 0.4) is 0 Å². The second kappa shape index (κ2) is 7.52. The average Bonchev–Trinajstić information content (AvgIpc) is 2.76. The first-order chi connectivity index (χ1) is 9.74. The summed E-state index contributed by atoms with van der Waals surface area (Å²) < 4.78 is 13.2. The molecule has 0 aromatic carbocycles. The summed E-state index contributed by atoms with van der Waals surface area (Å²) in [7, 11) is 1.68. The van der Waals surface area contributed by atoms with Gasteiger partial charge in [-0.15, -0.1) is 0 Å². The van der Waals surface area contributed by atoms with Crippen molar-refractivity contribution in [2.75, 3.05) is 26.9 Å². The van der Waals surface area contributed by atoms with Crippen molar-refractivity contribution in [3.05, 3.63) is 22.6 Å². The molecule has 0 unspecified atom stereocenters. The minimum Gasteiger partial charge on any atom is -0.382 e. The van der Waals surface area contributed by atoms with E-state index in [0.29, 0.717) is 13.2 Å². The van der Waals surface area contributed by atoms with E-state index in [0.717, 1.165) is 41.9 Å². The van der Waals surface area contributed by atoms with E-state index in [1.165, 1.54) is 5.56 Å². The molecule has 6 heteroatoms. The summed E-state index contributed by atoms with van der Waals surface area (Å²) in [6, 6.07) is 1.99. The molecule has 0 saturated heterocycles. The first-order valence-electron chi connectivity index (χ1n) is 6.85. The lowest BCUT2D eigenvalue weighted by molar-refractivity contribution is 0.0684. The number of fused-ring (bicyclic) bond motifs is 1. The van der Waals surface area contributed by atoms with Gasteiger partial charge in [-0.25, -0.2) is 4.98 Å². The van der Waals surface area contributed by atoms with E-state index < -0.39 is 0 Å². The summed E-state index contributed by atoms with van der Waals surface area (Å²) in [4.78, 5) is 7.65. The Hall–Kier alpha value is -1.24. The van der Waals surface area contributed by atoms with Gasteiger partial charge < -0.3 is 19.0 Å². The number of H-pyrrole nitrogens is 1. The molecule has 0 amide bonds. The molecule has 0 spiro atoms. The predicted octanol–water partition coefficient (Wildman–Crippen LogP) is 2.85. The molecule has 0 atom stereocenters. The molecule has 2 aromatic rings. The molecular formula is C14H21N3O2S. The number of ether oxygens (including phenoxy) is 2. The van der Waals surface area contributed by atoms with Crippen molar-refractivity contribution in [1.82, 2.24) is 14.5 Å². The van der Waals surface area contributed by atoms with Crippen LogP contribution in [0.25, 0.3) is 11.2 Å². The number of aromatic nitrogens is 3.